The van der Waals surface area contributed by atoms with Crippen molar-refractivity contribution >= 4 is 17.5 Å². The van der Waals surface area contributed by atoms with Gasteiger partial charge < -0.3 is 14.8 Å². The first-order chi connectivity index (χ1) is 12.7. The van der Waals surface area contributed by atoms with Crippen molar-refractivity contribution in [3.05, 3.63) is 59.4 Å². The summed E-state index contributed by atoms with van der Waals surface area (Å²) in [6.07, 6.45) is 0. The molecule has 0 aliphatic heterocycles. The molecule has 134 valence electrons. The van der Waals surface area contributed by atoms with Gasteiger partial charge in [0, 0.05) is 5.02 Å². The Morgan fingerprint density at radius 3 is 2.50 bits per heavy atom. The van der Waals surface area contributed by atoms with E-state index < -0.39 is 0 Å². The van der Waals surface area contributed by atoms with Gasteiger partial charge in [-0.25, -0.2) is 0 Å². The number of ether oxygens (including phenoxy) is 2. The molecule has 0 fully saturated rings. The molecule has 1 amide bonds. The minimum Gasteiger partial charge on any atom is -0.497 e. The Kier molecular flexibility index (Phi) is 5.65. The summed E-state index contributed by atoms with van der Waals surface area (Å²) in [5.74, 6) is 1.50. The van der Waals surface area contributed by atoms with Crippen LogP contribution in [0.25, 0.3) is 5.69 Å². The lowest BCUT2D eigenvalue weighted by atomic mass is 10.3. The summed E-state index contributed by atoms with van der Waals surface area (Å²) >= 11 is 5.88. The number of nitrogens with one attached hydrogen (secondary N) is 1. The SMILES string of the molecule is COc1ccc(OCC(=O)NCc2nnnn2-c2ccc(Cl)cc2)cc1. The highest BCUT2D eigenvalue weighted by Crippen LogP contribution is 2.17. The molecule has 0 spiro atoms. The first-order valence-corrected chi connectivity index (χ1v) is 8.10. The molecule has 0 aliphatic rings. The van der Waals surface area contributed by atoms with Gasteiger partial charge in [-0.1, -0.05) is 11.6 Å². The molecule has 3 aromatic rings. The second-order valence-corrected chi connectivity index (χ2v) is 5.66. The van der Waals surface area contributed by atoms with Gasteiger partial charge in [0.1, 0.15) is 11.5 Å². The van der Waals surface area contributed by atoms with Crippen molar-refractivity contribution < 1.29 is 14.3 Å². The maximum Gasteiger partial charge on any atom is 0.258 e. The number of hydrogen-bond donors (Lipinski definition) is 1. The molecule has 0 radical (unpaired) electrons. The predicted molar refractivity (Wildman–Crippen MR) is 94.5 cm³/mol. The van der Waals surface area contributed by atoms with E-state index in [1.54, 1.807) is 55.6 Å². The minimum atomic E-state index is -0.286. The van der Waals surface area contributed by atoms with Crippen LogP contribution >= 0.6 is 11.6 Å². The van der Waals surface area contributed by atoms with Gasteiger partial charge in [0.2, 0.25) is 0 Å². The van der Waals surface area contributed by atoms with Crippen LogP contribution in [0.15, 0.2) is 48.5 Å². The Labute approximate surface area is 154 Å². The second-order valence-electron chi connectivity index (χ2n) is 5.22. The number of rotatable bonds is 7. The van der Waals surface area contributed by atoms with Gasteiger partial charge in [0.15, 0.2) is 12.4 Å². The van der Waals surface area contributed by atoms with E-state index >= 15 is 0 Å². The van der Waals surface area contributed by atoms with Gasteiger partial charge in [0.05, 0.1) is 19.3 Å². The quantitative estimate of drug-likeness (QED) is 0.681. The third-order valence-electron chi connectivity index (χ3n) is 3.48. The summed E-state index contributed by atoms with van der Waals surface area (Å²) < 4.78 is 12.0. The Morgan fingerprint density at radius 2 is 1.81 bits per heavy atom. The summed E-state index contributed by atoms with van der Waals surface area (Å²) in [6, 6.07) is 14.0. The van der Waals surface area contributed by atoms with Crippen LogP contribution in [0.2, 0.25) is 5.02 Å². The largest absolute Gasteiger partial charge is 0.497 e. The molecule has 0 aliphatic carbocycles. The smallest absolute Gasteiger partial charge is 0.258 e. The van der Waals surface area contributed by atoms with Crippen molar-refractivity contribution in [3.63, 3.8) is 0 Å². The van der Waals surface area contributed by atoms with E-state index in [-0.39, 0.29) is 19.1 Å². The highest BCUT2D eigenvalue weighted by atomic mass is 35.5. The average Bonchev–Trinajstić information content (AvgIpc) is 3.14. The van der Waals surface area contributed by atoms with Gasteiger partial charge in [-0.15, -0.1) is 5.10 Å². The summed E-state index contributed by atoms with van der Waals surface area (Å²) in [5, 5.41) is 14.8. The van der Waals surface area contributed by atoms with Crippen LogP contribution in [0.3, 0.4) is 0 Å². The Balaban J connectivity index is 1.53. The fraction of sp³-hybridized carbons (Fsp3) is 0.176. The summed E-state index contributed by atoms with van der Waals surface area (Å²) in [6.45, 7) is 0.0509. The molecule has 0 atom stereocenters. The van der Waals surface area contributed by atoms with Gasteiger partial charge in [-0.3, -0.25) is 4.79 Å². The lowest BCUT2D eigenvalue weighted by Gasteiger charge is -2.08. The highest BCUT2D eigenvalue weighted by Gasteiger charge is 2.10. The number of nitrogens with zero attached hydrogens (tertiary/aromatic N) is 4. The first-order valence-electron chi connectivity index (χ1n) is 7.72. The third-order valence-corrected chi connectivity index (χ3v) is 3.73. The summed E-state index contributed by atoms with van der Waals surface area (Å²) in [4.78, 5) is 12.0. The van der Waals surface area contributed by atoms with Gasteiger partial charge >= 0.3 is 0 Å². The van der Waals surface area contributed by atoms with Crippen molar-refractivity contribution in [1.29, 1.82) is 0 Å². The fourth-order valence-electron chi connectivity index (χ4n) is 2.15. The average molecular weight is 374 g/mol. The number of carbonyl (C=O) groups is 1. The molecule has 2 aromatic carbocycles. The molecule has 1 heterocycles. The number of benzene rings is 2. The minimum absolute atomic E-state index is 0.116. The van der Waals surface area contributed by atoms with E-state index in [0.29, 0.717) is 16.6 Å². The van der Waals surface area contributed by atoms with E-state index in [0.717, 1.165) is 11.4 Å². The molecule has 26 heavy (non-hydrogen) atoms. The monoisotopic (exact) mass is 373 g/mol. The van der Waals surface area contributed by atoms with Crippen molar-refractivity contribution in [3.8, 4) is 17.2 Å². The van der Waals surface area contributed by atoms with E-state index in [4.69, 9.17) is 21.1 Å². The van der Waals surface area contributed by atoms with Crippen molar-refractivity contribution in [2.75, 3.05) is 13.7 Å². The number of amides is 1. The molecular formula is C17H16ClN5O3. The number of carbonyl (C=O) groups excluding carboxylic acids is 1. The van der Waals surface area contributed by atoms with Gasteiger partial charge in [-0.05, 0) is 59.0 Å². The number of aromatic nitrogens is 4. The molecule has 0 bridgehead atoms. The van der Waals surface area contributed by atoms with Crippen LogP contribution in [0.4, 0.5) is 0 Å². The Morgan fingerprint density at radius 1 is 1.12 bits per heavy atom. The molecule has 0 unspecified atom stereocenters. The summed E-state index contributed by atoms with van der Waals surface area (Å²) in [7, 11) is 1.58. The molecular weight excluding hydrogens is 358 g/mol. The van der Waals surface area contributed by atoms with Crippen LogP contribution in [-0.4, -0.2) is 39.8 Å². The zero-order chi connectivity index (χ0) is 18.4. The Hall–Kier alpha value is -3.13. The van der Waals surface area contributed by atoms with Crippen LogP contribution in [0.5, 0.6) is 11.5 Å². The zero-order valence-electron chi connectivity index (χ0n) is 13.9. The van der Waals surface area contributed by atoms with E-state index in [1.807, 2.05) is 0 Å². The number of halogens is 1. The second kappa shape index (κ2) is 8.30. The molecule has 0 saturated heterocycles. The normalized spacial score (nSPS) is 10.4. The maximum absolute atomic E-state index is 12.0. The van der Waals surface area contributed by atoms with Crippen LogP contribution in [0, 0.1) is 0 Å². The summed E-state index contributed by atoms with van der Waals surface area (Å²) in [5.41, 5.74) is 0.748. The fourth-order valence-corrected chi connectivity index (χ4v) is 2.27. The molecule has 0 saturated carbocycles. The maximum atomic E-state index is 12.0. The lowest BCUT2D eigenvalue weighted by molar-refractivity contribution is -0.123. The van der Waals surface area contributed by atoms with Gasteiger partial charge in [0.25, 0.3) is 5.91 Å². The molecule has 1 N–H and O–H groups in total. The highest BCUT2D eigenvalue weighted by molar-refractivity contribution is 6.30. The van der Waals surface area contributed by atoms with Crippen LogP contribution < -0.4 is 14.8 Å². The third kappa shape index (κ3) is 4.48. The molecule has 9 heteroatoms. The number of tetrazole rings is 1. The van der Waals surface area contributed by atoms with Crippen molar-refractivity contribution in [2.45, 2.75) is 6.54 Å². The zero-order valence-corrected chi connectivity index (χ0v) is 14.7. The van der Waals surface area contributed by atoms with E-state index in [1.165, 1.54) is 4.68 Å². The van der Waals surface area contributed by atoms with Crippen molar-refractivity contribution in [1.82, 2.24) is 25.5 Å². The van der Waals surface area contributed by atoms with Crippen molar-refractivity contribution in [2.24, 2.45) is 0 Å². The van der Waals surface area contributed by atoms with E-state index in [9.17, 15) is 4.79 Å². The number of hydrogen-bond acceptors (Lipinski definition) is 6. The lowest BCUT2D eigenvalue weighted by Crippen LogP contribution is -2.29. The standard InChI is InChI=1S/C17H16ClN5O3/c1-25-14-6-8-15(9-7-14)26-11-17(24)19-10-16-20-21-22-23(16)13-4-2-12(18)3-5-13/h2-9H,10-11H2,1H3,(H,19,24). The molecule has 8 nitrogen and oxygen atoms in total. The molecule has 1 aromatic heterocycles. The molecule has 3 rings (SSSR count). The van der Waals surface area contributed by atoms with Gasteiger partial charge in [-0.2, -0.15) is 4.68 Å². The number of methoxy groups -OCH3 is 1. The van der Waals surface area contributed by atoms with Crippen LogP contribution in [0.1, 0.15) is 5.82 Å². The topological polar surface area (TPSA) is 91.2 Å². The van der Waals surface area contributed by atoms with E-state index in [2.05, 4.69) is 20.8 Å². The Bertz CT molecular complexity index is 865. The predicted octanol–water partition coefficient (Wildman–Crippen LogP) is 2.02. The van der Waals surface area contributed by atoms with Crippen LogP contribution in [-0.2, 0) is 11.3 Å². The first kappa shape index (κ1) is 17.7.